The first-order chi connectivity index (χ1) is 31.9. The van der Waals surface area contributed by atoms with Crippen molar-refractivity contribution in [2.45, 2.75) is 86.6 Å². The van der Waals surface area contributed by atoms with Gasteiger partial charge in [-0.3, -0.25) is 29.3 Å². The van der Waals surface area contributed by atoms with Crippen LogP contribution in [0.15, 0.2) is 76.9 Å². The van der Waals surface area contributed by atoms with Crippen LogP contribution in [-0.2, 0) is 32.2 Å². The summed E-state index contributed by atoms with van der Waals surface area (Å²) in [5.41, 5.74) is 9.74. The molecule has 18 nitrogen and oxygen atoms in total. The van der Waals surface area contributed by atoms with E-state index in [2.05, 4.69) is 47.8 Å². The van der Waals surface area contributed by atoms with Crippen LogP contribution in [0.1, 0.15) is 77.4 Å². The average molecular weight is 915 g/mol. The van der Waals surface area contributed by atoms with Gasteiger partial charge in [0.25, 0.3) is 11.8 Å². The Kier molecular flexibility index (Phi) is 12.0. The number of anilines is 3. The zero-order chi connectivity index (χ0) is 45.6. The molecule has 19 heteroatoms. The molecule has 5 amide bonds. The Morgan fingerprint density at radius 2 is 1.77 bits per heavy atom. The second kappa shape index (κ2) is 18.0. The van der Waals surface area contributed by atoms with E-state index in [0.717, 1.165) is 104 Å². The van der Waals surface area contributed by atoms with Gasteiger partial charge in [-0.25, -0.2) is 9.97 Å². The number of piperidine rings is 2. The third kappa shape index (κ3) is 8.96. The van der Waals surface area contributed by atoms with Gasteiger partial charge in [0.1, 0.15) is 16.9 Å². The van der Waals surface area contributed by atoms with E-state index in [1.807, 2.05) is 48.8 Å². The summed E-state index contributed by atoms with van der Waals surface area (Å²) in [4.78, 5) is 81.8. The lowest BCUT2D eigenvalue weighted by Crippen LogP contribution is -2.57. The summed E-state index contributed by atoms with van der Waals surface area (Å²) in [7, 11) is 0. The zero-order valence-electron chi connectivity index (χ0n) is 36.9. The molecule has 5 N–H and O–H groups in total. The first-order valence-corrected chi connectivity index (χ1v) is 23.6. The van der Waals surface area contributed by atoms with Crippen molar-refractivity contribution >= 4 is 58.6 Å². The molecule has 5 saturated heterocycles. The molecule has 3 atom stereocenters. The molecule has 6 aliphatic heterocycles. The number of nitrogens with two attached hydrogens (primary N) is 1. The lowest BCUT2D eigenvalue weighted by atomic mass is 9.73. The molecule has 2 spiro atoms. The highest BCUT2D eigenvalue weighted by atomic mass is 32.2. The molecule has 0 saturated carbocycles. The van der Waals surface area contributed by atoms with Crippen LogP contribution in [0.3, 0.4) is 0 Å². The van der Waals surface area contributed by atoms with Crippen LogP contribution in [0.4, 0.5) is 17.3 Å². The standard InChI is InChI=1S/C47H54N12O6S/c1-29-42(48)47(28-65-29)13-17-57(18-14-47)38-22-50-41(23-49-38)66-33-4-2-3-32(20-33)52-40(61)11-15-56-25-46(26-56)12-16-58(27-46)37-9-7-35(54-55-37)43(62)51-21-30-5-6-34-31(19-30)24-59(45(34)64)36-8-10-39(60)53-44(36)63/h2-7,9,19-20,22-23,29,36,42H,8,10-18,21,24-28,48H2,1H3,(H,51,62)(H,52,61)(H,53,60,63)/t29-,36?,42+/m0/s1. The quantitative estimate of drug-likeness (QED) is 0.150. The van der Waals surface area contributed by atoms with Crippen LogP contribution in [0.2, 0.25) is 0 Å². The average Bonchev–Trinajstić information content (AvgIpc) is 3.98. The summed E-state index contributed by atoms with van der Waals surface area (Å²) in [5, 5.41) is 17.7. The number of likely N-dealkylation sites (tertiary alicyclic amines) is 1. The van der Waals surface area contributed by atoms with E-state index >= 15 is 0 Å². The van der Waals surface area contributed by atoms with Crippen molar-refractivity contribution < 1.29 is 28.7 Å². The third-order valence-corrected chi connectivity index (χ3v) is 15.3. The molecule has 8 heterocycles. The molecule has 5 fully saturated rings. The minimum Gasteiger partial charge on any atom is -0.376 e. The fourth-order valence-corrected chi connectivity index (χ4v) is 11.3. The van der Waals surface area contributed by atoms with Crippen molar-refractivity contribution in [3.63, 3.8) is 0 Å². The van der Waals surface area contributed by atoms with E-state index in [-0.39, 0.29) is 71.8 Å². The molecule has 1 unspecified atom stereocenters. The van der Waals surface area contributed by atoms with Gasteiger partial charge >= 0.3 is 0 Å². The van der Waals surface area contributed by atoms with Gasteiger partial charge in [-0.2, -0.15) is 0 Å². The summed E-state index contributed by atoms with van der Waals surface area (Å²) in [6.45, 7) is 9.21. The molecule has 6 aliphatic rings. The maximum absolute atomic E-state index is 13.0. The maximum atomic E-state index is 13.0. The van der Waals surface area contributed by atoms with Crippen molar-refractivity contribution in [3.05, 3.63) is 89.4 Å². The number of amides is 5. The highest BCUT2D eigenvalue weighted by Crippen LogP contribution is 2.43. The molecular formula is C47H54N12O6S. The molecule has 0 radical (unpaired) electrons. The smallest absolute Gasteiger partial charge is 0.272 e. The normalized spacial score (nSPS) is 23.3. The SMILES string of the molecule is C[C@@H]1OCC2(CCN(c3cnc(Sc4cccc(NC(=O)CCN5CC6(CCN(c7ccc(C(=O)NCc8ccc9c(c8)CN(C8CCC(=O)NC8=O)C9=O)nn7)C6)C5)c4)cn3)CC2)[C@@H]1N. The molecule has 2 aromatic heterocycles. The van der Waals surface area contributed by atoms with E-state index in [1.54, 1.807) is 18.2 Å². The molecular weight excluding hydrogens is 861 g/mol. The first-order valence-electron chi connectivity index (χ1n) is 22.8. The highest BCUT2D eigenvalue weighted by molar-refractivity contribution is 7.99. The van der Waals surface area contributed by atoms with Gasteiger partial charge in [-0.1, -0.05) is 30.0 Å². The fourth-order valence-electron chi connectivity index (χ4n) is 10.5. The number of hydrogen-bond donors (Lipinski definition) is 4. The minimum absolute atomic E-state index is 0.0280. The van der Waals surface area contributed by atoms with Gasteiger partial charge in [-0.05, 0) is 80.1 Å². The number of carbonyl (C=O) groups is 5. The number of rotatable bonds is 12. The largest absolute Gasteiger partial charge is 0.376 e. The summed E-state index contributed by atoms with van der Waals surface area (Å²) in [6.07, 6.45) is 7.62. The number of fused-ring (bicyclic) bond motifs is 1. The van der Waals surface area contributed by atoms with Crippen LogP contribution in [0.5, 0.6) is 0 Å². The Hall–Kier alpha value is -6.02. The van der Waals surface area contributed by atoms with Crippen molar-refractivity contribution in [1.82, 2.24) is 40.6 Å². The number of nitrogens with zero attached hydrogens (tertiary/aromatic N) is 8. The van der Waals surface area contributed by atoms with Gasteiger partial charge in [0.15, 0.2) is 11.5 Å². The van der Waals surface area contributed by atoms with Crippen molar-refractivity contribution in [2.75, 3.05) is 67.5 Å². The topological polar surface area (TPSA) is 221 Å². The summed E-state index contributed by atoms with van der Waals surface area (Å²) >= 11 is 1.51. The Morgan fingerprint density at radius 1 is 0.939 bits per heavy atom. The van der Waals surface area contributed by atoms with E-state index in [9.17, 15) is 24.0 Å². The third-order valence-electron chi connectivity index (χ3n) is 14.3. The summed E-state index contributed by atoms with van der Waals surface area (Å²) in [5.74, 6) is 0.183. The number of benzene rings is 2. The Balaban J connectivity index is 0.635. The van der Waals surface area contributed by atoms with E-state index < -0.39 is 11.9 Å². The lowest BCUT2D eigenvalue weighted by molar-refractivity contribution is -0.137. The lowest BCUT2D eigenvalue weighted by Gasteiger charge is -2.48. The first kappa shape index (κ1) is 43.9. The minimum atomic E-state index is -0.682. The van der Waals surface area contributed by atoms with Crippen LogP contribution >= 0.6 is 11.8 Å². The van der Waals surface area contributed by atoms with Gasteiger partial charge in [0.2, 0.25) is 17.7 Å². The van der Waals surface area contributed by atoms with Crippen LogP contribution in [0, 0.1) is 10.8 Å². The number of aromatic nitrogens is 4. The summed E-state index contributed by atoms with van der Waals surface area (Å²) in [6, 6.07) is 16.1. The number of ether oxygens (including phenoxy) is 1. The maximum Gasteiger partial charge on any atom is 0.272 e. The predicted octanol–water partition coefficient (Wildman–Crippen LogP) is 2.98. The Morgan fingerprint density at radius 3 is 2.52 bits per heavy atom. The second-order valence-corrected chi connectivity index (χ2v) is 19.9. The van der Waals surface area contributed by atoms with Crippen molar-refractivity contribution in [1.29, 1.82) is 0 Å². The second-order valence-electron chi connectivity index (χ2n) is 18.8. The molecule has 66 heavy (non-hydrogen) atoms. The van der Waals surface area contributed by atoms with Gasteiger partial charge < -0.3 is 40.7 Å². The molecule has 0 bridgehead atoms. The Bertz CT molecular complexity index is 2530. The van der Waals surface area contributed by atoms with E-state index in [4.69, 9.17) is 20.4 Å². The number of nitrogens with one attached hydrogen (secondary N) is 3. The number of hydrogen-bond acceptors (Lipinski definition) is 15. The van der Waals surface area contributed by atoms with Crippen molar-refractivity contribution in [3.8, 4) is 0 Å². The molecule has 4 aromatic rings. The number of carbonyl (C=O) groups excluding carboxylic acids is 5. The van der Waals surface area contributed by atoms with Gasteiger partial charge in [0, 0.05) is 105 Å². The molecule has 0 aliphatic carbocycles. The van der Waals surface area contributed by atoms with Crippen LogP contribution in [0.25, 0.3) is 0 Å². The fraction of sp³-hybridized carbons (Fsp3) is 0.468. The van der Waals surface area contributed by atoms with Gasteiger partial charge in [0.05, 0.1) is 25.1 Å². The number of imide groups is 1. The van der Waals surface area contributed by atoms with Crippen molar-refractivity contribution in [2.24, 2.45) is 16.6 Å². The predicted molar refractivity (Wildman–Crippen MR) is 245 cm³/mol. The molecule has 344 valence electrons. The zero-order valence-corrected chi connectivity index (χ0v) is 37.7. The molecule has 2 aromatic carbocycles. The van der Waals surface area contributed by atoms with Crippen LogP contribution in [-0.4, -0.2) is 130 Å². The van der Waals surface area contributed by atoms with Crippen LogP contribution < -0.4 is 31.5 Å². The monoisotopic (exact) mass is 914 g/mol. The van der Waals surface area contributed by atoms with Gasteiger partial charge in [-0.15, -0.1) is 10.2 Å². The van der Waals surface area contributed by atoms with E-state index in [1.165, 1.54) is 16.7 Å². The summed E-state index contributed by atoms with van der Waals surface area (Å²) < 4.78 is 5.87. The Labute approximate surface area is 386 Å². The van der Waals surface area contributed by atoms with E-state index in [0.29, 0.717) is 24.9 Å². The molecule has 10 rings (SSSR count). The highest BCUT2D eigenvalue weighted by Gasteiger charge is 2.49.